The number of nitrogens with zero attached hydrogens (tertiary/aromatic N) is 1. The van der Waals surface area contributed by atoms with Gasteiger partial charge in [0.1, 0.15) is 17.6 Å². The summed E-state index contributed by atoms with van der Waals surface area (Å²) in [5.74, 6) is 1.32. The molecule has 4 nitrogen and oxygen atoms in total. The first-order valence-corrected chi connectivity index (χ1v) is 11.8. The molecular weight excluding hydrogens is 398 g/mol. The van der Waals surface area contributed by atoms with Crippen LogP contribution in [-0.2, 0) is 11.2 Å². The number of likely N-dealkylation sites (N-methyl/N-ethyl adjacent to an activating group) is 1. The Morgan fingerprint density at radius 1 is 1.03 bits per heavy atom. The molecule has 0 spiro atoms. The van der Waals surface area contributed by atoms with Crippen LogP contribution < -0.4 is 9.47 Å². The molecule has 0 amide bonds. The van der Waals surface area contributed by atoms with Crippen molar-refractivity contribution in [3.8, 4) is 11.5 Å². The highest BCUT2D eigenvalue weighted by molar-refractivity contribution is 5.83. The van der Waals surface area contributed by atoms with Gasteiger partial charge >= 0.3 is 5.97 Å². The number of fused-ring (bicyclic) bond motifs is 1. The molecule has 1 fully saturated rings. The number of carbonyl (C=O) groups is 1. The quantitative estimate of drug-likeness (QED) is 0.446. The van der Waals surface area contributed by atoms with Crippen LogP contribution in [0.5, 0.6) is 11.5 Å². The van der Waals surface area contributed by atoms with E-state index in [1.165, 1.54) is 23.1 Å². The van der Waals surface area contributed by atoms with Crippen LogP contribution in [-0.4, -0.2) is 37.1 Å². The van der Waals surface area contributed by atoms with Crippen LogP contribution in [0.2, 0.25) is 0 Å². The zero-order valence-corrected chi connectivity index (χ0v) is 19.8. The largest absolute Gasteiger partial charge is 0.489 e. The van der Waals surface area contributed by atoms with E-state index in [4.69, 9.17) is 9.47 Å². The van der Waals surface area contributed by atoms with E-state index in [1.54, 1.807) is 0 Å². The number of rotatable bonds is 4. The fourth-order valence-corrected chi connectivity index (χ4v) is 4.39. The Balaban J connectivity index is 1.55. The van der Waals surface area contributed by atoms with Crippen molar-refractivity contribution in [1.29, 1.82) is 0 Å². The second-order valence-corrected chi connectivity index (χ2v) is 10.1. The predicted octanol–water partition coefficient (Wildman–Crippen LogP) is 5.88. The standard InChI is InChI=1S/C28H35NO3/c1-28(2,3)27(30)32-23-16-13-20-8-5-6-10-25(26(20)18-23)21-11-14-22(15-12-21)31-24-9-7-17-29(4)19-24/h10-16,18,24H,5-9,17,19H2,1-4H3/t24-/m0/s1. The summed E-state index contributed by atoms with van der Waals surface area (Å²) >= 11 is 0. The van der Waals surface area contributed by atoms with Crippen molar-refractivity contribution in [3.63, 3.8) is 0 Å². The summed E-state index contributed by atoms with van der Waals surface area (Å²) in [6.07, 6.45) is 8.05. The van der Waals surface area contributed by atoms with E-state index in [2.05, 4.69) is 48.4 Å². The van der Waals surface area contributed by atoms with Crippen molar-refractivity contribution in [2.24, 2.45) is 5.41 Å². The molecule has 2 aliphatic rings. The Morgan fingerprint density at radius 2 is 1.78 bits per heavy atom. The van der Waals surface area contributed by atoms with E-state index in [-0.39, 0.29) is 12.1 Å². The monoisotopic (exact) mass is 433 g/mol. The zero-order chi connectivity index (χ0) is 22.7. The second kappa shape index (κ2) is 9.50. The molecule has 1 atom stereocenters. The third-order valence-corrected chi connectivity index (χ3v) is 6.24. The van der Waals surface area contributed by atoms with Gasteiger partial charge in [0.05, 0.1) is 5.41 Å². The summed E-state index contributed by atoms with van der Waals surface area (Å²) in [6, 6.07) is 14.5. The fourth-order valence-electron chi connectivity index (χ4n) is 4.39. The van der Waals surface area contributed by atoms with Crippen molar-refractivity contribution in [1.82, 2.24) is 4.90 Å². The van der Waals surface area contributed by atoms with Crippen LogP contribution in [0, 0.1) is 5.41 Å². The topological polar surface area (TPSA) is 38.8 Å². The Hall–Kier alpha value is -2.59. The molecule has 0 bridgehead atoms. The third-order valence-electron chi connectivity index (χ3n) is 6.24. The SMILES string of the molecule is CN1CCC[C@H](Oc2ccc(C3=CCCCc4ccc(OC(=O)C(C)(C)C)cc43)cc2)C1. The Kier molecular flexibility index (Phi) is 6.71. The van der Waals surface area contributed by atoms with Gasteiger partial charge in [0.2, 0.25) is 0 Å². The highest BCUT2D eigenvalue weighted by Crippen LogP contribution is 2.35. The van der Waals surface area contributed by atoms with E-state index < -0.39 is 5.41 Å². The number of piperidine rings is 1. The molecule has 0 N–H and O–H groups in total. The highest BCUT2D eigenvalue weighted by atomic mass is 16.5. The van der Waals surface area contributed by atoms with Gasteiger partial charge in [0.15, 0.2) is 0 Å². The van der Waals surface area contributed by atoms with Crippen LogP contribution in [0.3, 0.4) is 0 Å². The minimum Gasteiger partial charge on any atom is -0.489 e. The van der Waals surface area contributed by atoms with Crippen LogP contribution in [0.25, 0.3) is 5.57 Å². The maximum Gasteiger partial charge on any atom is 0.316 e. The molecule has 1 heterocycles. The number of aryl methyl sites for hydroxylation is 1. The molecule has 0 aromatic heterocycles. The van der Waals surface area contributed by atoms with Gasteiger partial charge in [-0.1, -0.05) is 24.3 Å². The molecule has 1 aliphatic heterocycles. The Morgan fingerprint density at radius 3 is 2.50 bits per heavy atom. The van der Waals surface area contributed by atoms with Gasteiger partial charge in [0.25, 0.3) is 0 Å². The summed E-state index contributed by atoms with van der Waals surface area (Å²) in [5, 5.41) is 0. The van der Waals surface area contributed by atoms with Crippen molar-refractivity contribution < 1.29 is 14.3 Å². The normalized spacial score (nSPS) is 19.5. The summed E-state index contributed by atoms with van der Waals surface area (Å²) in [4.78, 5) is 14.7. The molecular formula is C28H35NO3. The fraction of sp³-hybridized carbons (Fsp3) is 0.464. The van der Waals surface area contributed by atoms with Crippen molar-refractivity contribution in [3.05, 3.63) is 65.2 Å². The molecule has 1 aliphatic carbocycles. The van der Waals surface area contributed by atoms with Gasteiger partial charge in [-0.05, 0) is 113 Å². The number of carbonyl (C=O) groups excluding carboxylic acids is 1. The van der Waals surface area contributed by atoms with Crippen LogP contribution in [0.4, 0.5) is 0 Å². The lowest BCUT2D eigenvalue weighted by molar-refractivity contribution is -0.143. The maximum atomic E-state index is 12.4. The second-order valence-electron chi connectivity index (χ2n) is 10.1. The molecule has 2 aromatic carbocycles. The number of likely N-dealkylation sites (tertiary alicyclic amines) is 1. The molecule has 0 saturated carbocycles. The van der Waals surface area contributed by atoms with Crippen LogP contribution >= 0.6 is 0 Å². The molecule has 170 valence electrons. The molecule has 0 unspecified atom stereocenters. The van der Waals surface area contributed by atoms with E-state index in [0.29, 0.717) is 5.75 Å². The number of esters is 1. The van der Waals surface area contributed by atoms with Gasteiger partial charge < -0.3 is 14.4 Å². The average molecular weight is 434 g/mol. The van der Waals surface area contributed by atoms with Gasteiger partial charge in [-0.3, -0.25) is 4.79 Å². The average Bonchev–Trinajstić information content (AvgIpc) is 2.96. The first-order chi connectivity index (χ1) is 15.3. The van der Waals surface area contributed by atoms with Gasteiger partial charge in [0, 0.05) is 6.54 Å². The lowest BCUT2D eigenvalue weighted by Gasteiger charge is -2.30. The van der Waals surface area contributed by atoms with E-state index >= 15 is 0 Å². The minimum absolute atomic E-state index is 0.216. The summed E-state index contributed by atoms with van der Waals surface area (Å²) in [5.41, 5.74) is 4.30. The van der Waals surface area contributed by atoms with E-state index in [9.17, 15) is 4.79 Å². The van der Waals surface area contributed by atoms with Gasteiger partial charge in [-0.15, -0.1) is 0 Å². The molecule has 32 heavy (non-hydrogen) atoms. The first kappa shape index (κ1) is 22.6. The van der Waals surface area contributed by atoms with Gasteiger partial charge in [-0.25, -0.2) is 0 Å². The lowest BCUT2D eigenvalue weighted by Crippen LogP contribution is -2.38. The van der Waals surface area contributed by atoms with E-state index in [0.717, 1.165) is 50.1 Å². The summed E-state index contributed by atoms with van der Waals surface area (Å²) < 4.78 is 11.9. The van der Waals surface area contributed by atoms with Crippen molar-refractivity contribution >= 4 is 11.5 Å². The van der Waals surface area contributed by atoms with Crippen LogP contribution in [0.15, 0.2) is 48.5 Å². The Labute approximate surface area is 192 Å². The van der Waals surface area contributed by atoms with Crippen molar-refractivity contribution in [2.75, 3.05) is 20.1 Å². The van der Waals surface area contributed by atoms with Gasteiger partial charge in [-0.2, -0.15) is 0 Å². The molecule has 1 saturated heterocycles. The van der Waals surface area contributed by atoms with Crippen LogP contribution in [0.1, 0.15) is 63.1 Å². The van der Waals surface area contributed by atoms with E-state index in [1.807, 2.05) is 32.9 Å². The summed E-state index contributed by atoms with van der Waals surface area (Å²) in [6.45, 7) is 7.76. The third kappa shape index (κ3) is 5.42. The molecule has 4 rings (SSSR count). The first-order valence-electron chi connectivity index (χ1n) is 11.8. The molecule has 4 heteroatoms. The number of ether oxygens (including phenoxy) is 2. The number of hydrogen-bond acceptors (Lipinski definition) is 4. The molecule has 2 aromatic rings. The smallest absolute Gasteiger partial charge is 0.316 e. The number of benzene rings is 2. The highest BCUT2D eigenvalue weighted by Gasteiger charge is 2.24. The molecule has 0 radical (unpaired) electrons. The number of hydrogen-bond donors (Lipinski definition) is 0. The number of allylic oxidation sites excluding steroid dienone is 1. The zero-order valence-electron chi connectivity index (χ0n) is 19.8. The lowest BCUT2D eigenvalue weighted by atomic mass is 9.93. The maximum absolute atomic E-state index is 12.4. The summed E-state index contributed by atoms with van der Waals surface area (Å²) in [7, 11) is 2.15. The van der Waals surface area contributed by atoms with Crippen molar-refractivity contribution in [2.45, 2.75) is 59.0 Å². The minimum atomic E-state index is -0.533. The predicted molar refractivity (Wildman–Crippen MR) is 129 cm³/mol. The Bertz CT molecular complexity index is 985.